The predicted octanol–water partition coefficient (Wildman–Crippen LogP) is 4.29. The first kappa shape index (κ1) is 11.9. The second kappa shape index (κ2) is 4.87. The van der Waals surface area contributed by atoms with Crippen molar-refractivity contribution in [2.75, 3.05) is 0 Å². The van der Waals surface area contributed by atoms with Crippen LogP contribution < -0.4 is 0 Å². The quantitative estimate of drug-likeness (QED) is 0.591. The van der Waals surface area contributed by atoms with Gasteiger partial charge in [0.15, 0.2) is 5.65 Å². The fraction of sp³-hybridized carbons (Fsp3) is 0. The molecular formula is C18H13N3. The first-order valence-corrected chi connectivity index (χ1v) is 6.87. The lowest BCUT2D eigenvalue weighted by atomic mass is 10.0. The molecule has 0 spiro atoms. The van der Waals surface area contributed by atoms with Crippen LogP contribution in [0.1, 0.15) is 0 Å². The largest absolute Gasteiger partial charge is 0.323 e. The number of H-pyrrole nitrogens is 1. The first-order valence-electron chi connectivity index (χ1n) is 6.87. The number of pyridine rings is 1. The first-order chi connectivity index (χ1) is 10.4. The van der Waals surface area contributed by atoms with Crippen molar-refractivity contribution in [3.8, 4) is 22.5 Å². The molecule has 0 aliphatic carbocycles. The third-order valence-electron chi connectivity index (χ3n) is 3.52. The maximum absolute atomic E-state index is 4.57. The summed E-state index contributed by atoms with van der Waals surface area (Å²) in [6, 6.07) is 22.6. The summed E-state index contributed by atoms with van der Waals surface area (Å²) in [7, 11) is 0. The van der Waals surface area contributed by atoms with Gasteiger partial charge in [-0.3, -0.25) is 0 Å². The van der Waals surface area contributed by atoms with Crippen LogP contribution in [-0.2, 0) is 0 Å². The van der Waals surface area contributed by atoms with Gasteiger partial charge in [0.25, 0.3) is 0 Å². The van der Waals surface area contributed by atoms with E-state index in [9.17, 15) is 0 Å². The van der Waals surface area contributed by atoms with Gasteiger partial charge >= 0.3 is 0 Å². The van der Waals surface area contributed by atoms with Crippen LogP contribution >= 0.6 is 0 Å². The van der Waals surface area contributed by atoms with E-state index in [-0.39, 0.29) is 0 Å². The zero-order valence-corrected chi connectivity index (χ0v) is 11.3. The number of nitrogens with one attached hydrogen (secondary N) is 1. The highest BCUT2D eigenvalue weighted by molar-refractivity contribution is 5.76. The Labute approximate surface area is 122 Å². The molecule has 0 atom stereocenters. The van der Waals surface area contributed by atoms with Crippen LogP contribution in [0.2, 0.25) is 0 Å². The molecule has 0 saturated carbocycles. The Kier molecular flexibility index (Phi) is 2.75. The van der Waals surface area contributed by atoms with Gasteiger partial charge in [-0.1, -0.05) is 54.6 Å². The highest BCUT2D eigenvalue weighted by atomic mass is 15.0. The summed E-state index contributed by atoms with van der Waals surface area (Å²) >= 11 is 0. The van der Waals surface area contributed by atoms with E-state index in [2.05, 4.69) is 51.4 Å². The second-order valence-electron chi connectivity index (χ2n) is 4.90. The molecule has 100 valence electrons. The molecule has 1 N–H and O–H groups in total. The predicted molar refractivity (Wildman–Crippen MR) is 84.8 cm³/mol. The van der Waals surface area contributed by atoms with E-state index < -0.39 is 0 Å². The Balaban J connectivity index is 1.73. The summed E-state index contributed by atoms with van der Waals surface area (Å²) in [5.74, 6) is 0.850. The third kappa shape index (κ3) is 2.19. The summed E-state index contributed by atoms with van der Waals surface area (Å²) in [6.45, 7) is 0. The minimum Gasteiger partial charge on any atom is -0.323 e. The molecule has 4 aromatic rings. The van der Waals surface area contributed by atoms with Gasteiger partial charge in [0.1, 0.15) is 11.3 Å². The molecule has 0 amide bonds. The van der Waals surface area contributed by atoms with Gasteiger partial charge in [-0.15, -0.1) is 0 Å². The van der Waals surface area contributed by atoms with Crippen molar-refractivity contribution in [1.82, 2.24) is 15.0 Å². The Morgan fingerprint density at radius 3 is 2.14 bits per heavy atom. The molecule has 4 rings (SSSR count). The Hall–Kier alpha value is -2.94. The highest BCUT2D eigenvalue weighted by Crippen LogP contribution is 2.24. The molecule has 0 bridgehead atoms. The molecule has 3 nitrogen and oxygen atoms in total. The van der Waals surface area contributed by atoms with Gasteiger partial charge in [-0.05, 0) is 23.3 Å². The van der Waals surface area contributed by atoms with Crippen LogP contribution in [0.4, 0.5) is 0 Å². The molecule has 0 aliphatic heterocycles. The Bertz CT molecular complexity index is 844. The Morgan fingerprint density at radius 1 is 0.667 bits per heavy atom. The van der Waals surface area contributed by atoms with Crippen LogP contribution in [0.3, 0.4) is 0 Å². The van der Waals surface area contributed by atoms with Crippen LogP contribution in [0.5, 0.6) is 0 Å². The number of hydrogen-bond acceptors (Lipinski definition) is 2. The van der Waals surface area contributed by atoms with Gasteiger partial charge in [0, 0.05) is 11.8 Å². The molecule has 3 heteroatoms. The summed E-state index contributed by atoms with van der Waals surface area (Å²) < 4.78 is 0. The molecular weight excluding hydrogens is 258 g/mol. The van der Waals surface area contributed by atoms with E-state index in [1.807, 2.05) is 30.3 Å². The average molecular weight is 271 g/mol. The van der Waals surface area contributed by atoms with Crippen LogP contribution in [-0.4, -0.2) is 15.0 Å². The lowest BCUT2D eigenvalue weighted by Crippen LogP contribution is -1.82. The van der Waals surface area contributed by atoms with Crippen molar-refractivity contribution in [3.05, 3.63) is 72.9 Å². The van der Waals surface area contributed by atoms with Crippen molar-refractivity contribution in [2.24, 2.45) is 0 Å². The number of benzene rings is 2. The molecule has 2 aromatic carbocycles. The van der Waals surface area contributed by atoms with Crippen molar-refractivity contribution in [2.45, 2.75) is 0 Å². The van der Waals surface area contributed by atoms with Gasteiger partial charge in [-0.25, -0.2) is 9.97 Å². The van der Waals surface area contributed by atoms with E-state index in [1.54, 1.807) is 6.20 Å². The van der Waals surface area contributed by atoms with E-state index in [0.717, 1.165) is 22.6 Å². The molecule has 2 aromatic heterocycles. The molecule has 2 heterocycles. The molecule has 21 heavy (non-hydrogen) atoms. The minimum atomic E-state index is 0.819. The van der Waals surface area contributed by atoms with E-state index >= 15 is 0 Å². The van der Waals surface area contributed by atoms with E-state index in [0.29, 0.717) is 0 Å². The summed E-state index contributed by atoms with van der Waals surface area (Å²) in [5.41, 5.74) is 5.19. The topological polar surface area (TPSA) is 41.6 Å². The fourth-order valence-electron chi connectivity index (χ4n) is 2.43. The molecule has 0 saturated heterocycles. The molecule has 0 aliphatic rings. The maximum atomic E-state index is 4.57. The van der Waals surface area contributed by atoms with Crippen LogP contribution in [0, 0.1) is 0 Å². The van der Waals surface area contributed by atoms with Gasteiger partial charge < -0.3 is 4.98 Å². The molecule has 0 fully saturated rings. The third-order valence-corrected chi connectivity index (χ3v) is 3.52. The maximum Gasteiger partial charge on any atom is 0.157 e. The van der Waals surface area contributed by atoms with Crippen LogP contribution in [0.25, 0.3) is 33.7 Å². The highest BCUT2D eigenvalue weighted by Gasteiger charge is 2.05. The van der Waals surface area contributed by atoms with E-state index in [1.165, 1.54) is 11.1 Å². The number of nitrogens with zero attached hydrogens (tertiary/aromatic N) is 2. The fourth-order valence-corrected chi connectivity index (χ4v) is 2.43. The summed E-state index contributed by atoms with van der Waals surface area (Å²) in [6.07, 6.45) is 1.77. The number of hydrogen-bond donors (Lipinski definition) is 1. The lowest BCUT2D eigenvalue weighted by Gasteiger charge is -2.02. The van der Waals surface area contributed by atoms with Gasteiger partial charge in [0.2, 0.25) is 0 Å². The number of aromatic nitrogens is 3. The summed E-state index contributed by atoms with van der Waals surface area (Å²) in [5, 5.41) is 0. The molecule has 0 radical (unpaired) electrons. The average Bonchev–Trinajstić information content (AvgIpc) is 3.00. The van der Waals surface area contributed by atoms with E-state index in [4.69, 9.17) is 0 Å². The monoisotopic (exact) mass is 271 g/mol. The lowest BCUT2D eigenvalue weighted by molar-refractivity contribution is 1.30. The van der Waals surface area contributed by atoms with Gasteiger partial charge in [-0.2, -0.15) is 0 Å². The number of rotatable bonds is 2. The second-order valence-corrected chi connectivity index (χ2v) is 4.90. The normalized spacial score (nSPS) is 10.9. The zero-order chi connectivity index (χ0) is 14.1. The zero-order valence-electron chi connectivity index (χ0n) is 11.3. The molecule has 0 unspecified atom stereocenters. The Morgan fingerprint density at radius 2 is 1.38 bits per heavy atom. The van der Waals surface area contributed by atoms with Crippen molar-refractivity contribution in [3.63, 3.8) is 0 Å². The van der Waals surface area contributed by atoms with Crippen LogP contribution in [0.15, 0.2) is 72.9 Å². The van der Waals surface area contributed by atoms with Crippen molar-refractivity contribution >= 4 is 11.2 Å². The number of fused-ring (bicyclic) bond motifs is 1. The number of aromatic amines is 1. The van der Waals surface area contributed by atoms with Crippen molar-refractivity contribution < 1.29 is 0 Å². The van der Waals surface area contributed by atoms with Gasteiger partial charge in [0.05, 0.1) is 0 Å². The SMILES string of the molecule is c1ccc(-c2ccc(-c3nc4cccnc4[nH]3)cc2)cc1. The summed E-state index contributed by atoms with van der Waals surface area (Å²) in [4.78, 5) is 12.1. The number of imidazole rings is 1. The minimum absolute atomic E-state index is 0.819. The van der Waals surface area contributed by atoms with Crippen molar-refractivity contribution in [1.29, 1.82) is 0 Å². The standard InChI is InChI=1S/C18H13N3/c1-2-5-13(6-3-1)14-8-10-15(11-9-14)17-20-16-7-4-12-19-18(16)21-17/h1-12H,(H,19,20,21). The smallest absolute Gasteiger partial charge is 0.157 e.